The standard InChI is InChI=1S/C26H38N4O2.C7H8/c1-7-14-28(22(4)21(3)27)20-32-19-18-31-17-16-30-24(6)23(5)29(15-8-2)26(30)25-12-10-9-11-13-25;1-7-5-3-2-4-6-7/h7-13,20H,1-2,14-19,27H2,3-6H3;2-6H,1H3/q+2;/b22-21-,28-20?;. The Morgan fingerprint density at radius 2 is 1.56 bits per heavy atom. The molecule has 3 rings (SSSR count). The van der Waals surface area contributed by atoms with Crippen LogP contribution in [0.25, 0.3) is 11.4 Å². The van der Waals surface area contributed by atoms with Crippen LogP contribution in [0.4, 0.5) is 0 Å². The molecule has 0 unspecified atom stereocenters. The van der Waals surface area contributed by atoms with Crippen LogP contribution in [0.15, 0.2) is 97.4 Å². The molecule has 0 amide bonds. The molecular weight excluding hydrogens is 484 g/mol. The van der Waals surface area contributed by atoms with Crippen LogP contribution < -0.4 is 10.3 Å². The molecule has 0 saturated carbocycles. The number of rotatable bonds is 13. The number of nitrogens with two attached hydrogens (primary N) is 1. The number of hydrogen-bond acceptors (Lipinski definition) is 3. The second kappa shape index (κ2) is 16.8. The van der Waals surface area contributed by atoms with Crippen molar-refractivity contribution >= 4 is 6.40 Å². The molecule has 6 nitrogen and oxygen atoms in total. The third-order valence-electron chi connectivity index (χ3n) is 6.46. The molecule has 39 heavy (non-hydrogen) atoms. The van der Waals surface area contributed by atoms with Gasteiger partial charge in [0.25, 0.3) is 5.82 Å². The van der Waals surface area contributed by atoms with E-state index in [1.54, 1.807) is 6.40 Å². The molecular formula is C33H46N4O2+2. The van der Waals surface area contributed by atoms with Crippen molar-refractivity contribution in [1.29, 1.82) is 0 Å². The number of imidazole rings is 1. The highest BCUT2D eigenvalue weighted by Crippen LogP contribution is 2.20. The van der Waals surface area contributed by atoms with Crippen LogP contribution in [0.3, 0.4) is 0 Å². The first kappa shape index (κ1) is 31.3. The highest BCUT2D eigenvalue weighted by molar-refractivity contribution is 5.53. The minimum absolute atomic E-state index is 0.468. The van der Waals surface area contributed by atoms with Crippen LogP contribution >= 0.6 is 0 Å². The molecule has 0 aliphatic carbocycles. The van der Waals surface area contributed by atoms with Crippen molar-refractivity contribution in [3.8, 4) is 11.4 Å². The van der Waals surface area contributed by atoms with Gasteiger partial charge in [-0.3, -0.25) is 0 Å². The summed E-state index contributed by atoms with van der Waals surface area (Å²) in [6, 6.07) is 20.7. The van der Waals surface area contributed by atoms with E-state index in [1.165, 1.54) is 28.3 Å². The SMILES string of the molecule is C=CCn1c(C)c(C)[n+](CCOCCOC=[N+](CC=C)/C(C)=C(/C)N)c1-c1ccccc1.Cc1ccccc1. The minimum atomic E-state index is 0.468. The van der Waals surface area contributed by atoms with Crippen LogP contribution in [0.2, 0.25) is 0 Å². The molecule has 208 valence electrons. The monoisotopic (exact) mass is 530 g/mol. The summed E-state index contributed by atoms with van der Waals surface area (Å²) in [6.07, 6.45) is 5.43. The summed E-state index contributed by atoms with van der Waals surface area (Å²) in [6.45, 7) is 21.7. The maximum absolute atomic E-state index is 5.88. The smallest absolute Gasteiger partial charge is 0.329 e. The summed E-state index contributed by atoms with van der Waals surface area (Å²) in [4.78, 5) is 0. The first-order chi connectivity index (χ1) is 18.8. The first-order valence-electron chi connectivity index (χ1n) is 13.4. The van der Waals surface area contributed by atoms with Gasteiger partial charge in [-0.25, -0.2) is 9.13 Å². The van der Waals surface area contributed by atoms with E-state index in [0.29, 0.717) is 26.4 Å². The number of allylic oxidation sites excluding steroid dienone is 3. The van der Waals surface area contributed by atoms with Crippen molar-refractivity contribution in [2.45, 2.75) is 47.7 Å². The predicted octanol–water partition coefficient (Wildman–Crippen LogP) is 5.71. The summed E-state index contributed by atoms with van der Waals surface area (Å²) in [5.74, 6) is 1.17. The molecule has 0 radical (unpaired) electrons. The normalized spacial score (nSPS) is 11.8. The number of benzene rings is 2. The van der Waals surface area contributed by atoms with Gasteiger partial charge in [0, 0.05) is 20.8 Å². The second-order valence-corrected chi connectivity index (χ2v) is 9.36. The van der Waals surface area contributed by atoms with E-state index in [2.05, 4.69) is 79.5 Å². The molecule has 1 heterocycles. The van der Waals surface area contributed by atoms with Crippen molar-refractivity contribution in [1.82, 2.24) is 4.57 Å². The zero-order valence-corrected chi connectivity index (χ0v) is 24.4. The quantitative estimate of drug-likeness (QED) is 0.101. The Bertz CT molecular complexity index is 1240. The van der Waals surface area contributed by atoms with E-state index in [0.717, 1.165) is 24.5 Å². The van der Waals surface area contributed by atoms with Gasteiger partial charge >= 0.3 is 6.40 Å². The number of ether oxygens (including phenoxy) is 2. The van der Waals surface area contributed by atoms with Crippen molar-refractivity contribution in [3.05, 3.63) is 114 Å². The lowest BCUT2D eigenvalue weighted by atomic mass is 10.2. The second-order valence-electron chi connectivity index (χ2n) is 9.36. The average molecular weight is 531 g/mol. The van der Waals surface area contributed by atoms with Gasteiger partial charge in [-0.2, -0.15) is 4.58 Å². The van der Waals surface area contributed by atoms with E-state index in [4.69, 9.17) is 15.2 Å². The molecule has 1 aromatic heterocycles. The van der Waals surface area contributed by atoms with Gasteiger partial charge in [0.05, 0.1) is 24.5 Å². The predicted molar refractivity (Wildman–Crippen MR) is 162 cm³/mol. The summed E-state index contributed by atoms with van der Waals surface area (Å²) >= 11 is 0. The third kappa shape index (κ3) is 9.73. The molecule has 0 aliphatic heterocycles. The summed E-state index contributed by atoms with van der Waals surface area (Å²) in [5, 5.41) is 0. The van der Waals surface area contributed by atoms with Gasteiger partial charge in [-0.1, -0.05) is 73.3 Å². The lowest BCUT2D eigenvalue weighted by molar-refractivity contribution is -0.693. The van der Waals surface area contributed by atoms with E-state index >= 15 is 0 Å². The van der Waals surface area contributed by atoms with Gasteiger partial charge < -0.3 is 15.2 Å². The van der Waals surface area contributed by atoms with E-state index < -0.39 is 0 Å². The molecule has 0 atom stereocenters. The maximum atomic E-state index is 5.88. The lowest BCUT2D eigenvalue weighted by Crippen LogP contribution is -2.40. The van der Waals surface area contributed by atoms with Crippen LogP contribution in [-0.4, -0.2) is 41.9 Å². The fraction of sp³-hybridized carbons (Fsp3) is 0.333. The zero-order chi connectivity index (χ0) is 28.6. The van der Waals surface area contributed by atoms with Crippen molar-refractivity contribution in [3.63, 3.8) is 0 Å². The largest absolute Gasteiger partial charge is 0.448 e. The van der Waals surface area contributed by atoms with Crippen molar-refractivity contribution in [2.75, 3.05) is 26.4 Å². The Morgan fingerprint density at radius 3 is 2.10 bits per heavy atom. The van der Waals surface area contributed by atoms with Gasteiger partial charge in [-0.05, 0) is 32.1 Å². The van der Waals surface area contributed by atoms with Crippen LogP contribution in [0, 0.1) is 20.8 Å². The van der Waals surface area contributed by atoms with Gasteiger partial charge in [0.2, 0.25) is 0 Å². The summed E-state index contributed by atoms with van der Waals surface area (Å²) in [5.41, 5.74) is 12.6. The Morgan fingerprint density at radius 1 is 0.923 bits per heavy atom. The van der Waals surface area contributed by atoms with Gasteiger partial charge in [0.1, 0.15) is 31.1 Å². The Labute approximate surface area is 235 Å². The molecule has 0 aliphatic rings. The van der Waals surface area contributed by atoms with Gasteiger partial charge in [-0.15, -0.1) is 0 Å². The molecule has 2 N–H and O–H groups in total. The third-order valence-corrected chi connectivity index (χ3v) is 6.46. The molecule has 0 saturated heterocycles. The van der Waals surface area contributed by atoms with Gasteiger partial charge in [0.15, 0.2) is 12.2 Å². The minimum Gasteiger partial charge on any atom is -0.448 e. The molecule has 6 heteroatoms. The van der Waals surface area contributed by atoms with Crippen molar-refractivity contribution in [2.24, 2.45) is 5.73 Å². The van der Waals surface area contributed by atoms with E-state index in [1.807, 2.05) is 54.8 Å². The van der Waals surface area contributed by atoms with Crippen LogP contribution in [0.5, 0.6) is 0 Å². The van der Waals surface area contributed by atoms with E-state index in [9.17, 15) is 0 Å². The Hall–Kier alpha value is -3.90. The highest BCUT2D eigenvalue weighted by Gasteiger charge is 2.26. The molecule has 0 bridgehead atoms. The lowest BCUT2D eigenvalue weighted by Gasteiger charge is -2.07. The van der Waals surface area contributed by atoms with Crippen molar-refractivity contribution < 1.29 is 18.6 Å². The number of aromatic nitrogens is 2. The number of hydrogen-bond donors (Lipinski definition) is 1. The zero-order valence-electron chi connectivity index (χ0n) is 24.4. The molecule has 0 spiro atoms. The van der Waals surface area contributed by atoms with E-state index in [-0.39, 0.29) is 0 Å². The first-order valence-corrected chi connectivity index (χ1v) is 13.4. The number of aryl methyl sites for hydroxylation is 1. The van der Waals surface area contributed by atoms with Crippen LogP contribution in [-0.2, 0) is 22.6 Å². The Kier molecular flexibility index (Phi) is 13.5. The topological polar surface area (TPSA) is 56.3 Å². The Balaban J connectivity index is 0.000000658. The summed E-state index contributed by atoms with van der Waals surface area (Å²) < 4.78 is 18.1. The molecule has 0 fully saturated rings. The van der Waals surface area contributed by atoms with Crippen LogP contribution in [0.1, 0.15) is 30.8 Å². The number of nitrogens with zero attached hydrogens (tertiary/aromatic N) is 3. The molecule has 3 aromatic rings. The molecule has 2 aromatic carbocycles. The summed E-state index contributed by atoms with van der Waals surface area (Å²) in [7, 11) is 0. The fourth-order valence-corrected chi connectivity index (χ4v) is 4.05. The maximum Gasteiger partial charge on any atom is 0.329 e. The fourth-order valence-electron chi connectivity index (χ4n) is 4.05. The average Bonchev–Trinajstić information content (AvgIpc) is 3.17. The highest BCUT2D eigenvalue weighted by atomic mass is 16.5.